The van der Waals surface area contributed by atoms with Gasteiger partial charge in [0.05, 0.1) is 18.7 Å². The normalized spacial score (nSPS) is 25.1. The number of benzene rings is 1. The average Bonchev–Trinajstić information content (AvgIpc) is 2.74. The van der Waals surface area contributed by atoms with Gasteiger partial charge in [-0.25, -0.2) is 9.18 Å². The molecule has 2 aliphatic rings. The van der Waals surface area contributed by atoms with E-state index >= 15 is 0 Å². The Kier molecular flexibility index (Phi) is 4.64. The van der Waals surface area contributed by atoms with Crippen LogP contribution in [0.15, 0.2) is 12.1 Å². The van der Waals surface area contributed by atoms with E-state index in [2.05, 4.69) is 10.2 Å². The van der Waals surface area contributed by atoms with Gasteiger partial charge in [-0.3, -0.25) is 4.90 Å². The quantitative estimate of drug-likeness (QED) is 0.917. The molecule has 1 amide bonds. The van der Waals surface area contributed by atoms with Crippen LogP contribution in [-0.2, 0) is 11.3 Å². The van der Waals surface area contributed by atoms with Gasteiger partial charge in [-0.1, -0.05) is 11.6 Å². The number of hydrogen-bond donors (Lipinski definition) is 1. The third-order valence-corrected chi connectivity index (χ3v) is 4.80. The Morgan fingerprint density at radius 2 is 2.26 bits per heavy atom. The van der Waals surface area contributed by atoms with Crippen molar-refractivity contribution >= 4 is 17.7 Å². The van der Waals surface area contributed by atoms with Gasteiger partial charge in [-0.2, -0.15) is 0 Å². The molecule has 0 bridgehead atoms. The number of alkyl carbamates (subject to hydrolysis) is 1. The predicted molar refractivity (Wildman–Crippen MR) is 84.3 cm³/mol. The largest absolute Gasteiger partial charge is 0.492 e. The van der Waals surface area contributed by atoms with Gasteiger partial charge in [0.15, 0.2) is 11.6 Å². The van der Waals surface area contributed by atoms with Crippen LogP contribution in [0, 0.1) is 5.82 Å². The van der Waals surface area contributed by atoms with Crippen molar-refractivity contribution in [2.45, 2.75) is 31.4 Å². The molecule has 0 aliphatic carbocycles. The van der Waals surface area contributed by atoms with Gasteiger partial charge >= 0.3 is 6.09 Å². The number of rotatable bonds is 3. The van der Waals surface area contributed by atoms with Crippen LogP contribution in [0.4, 0.5) is 9.18 Å². The van der Waals surface area contributed by atoms with Crippen molar-refractivity contribution in [1.29, 1.82) is 0 Å². The van der Waals surface area contributed by atoms with Gasteiger partial charge in [-0.05, 0) is 37.1 Å². The van der Waals surface area contributed by atoms with Gasteiger partial charge in [0.2, 0.25) is 0 Å². The zero-order chi connectivity index (χ0) is 16.4. The summed E-state index contributed by atoms with van der Waals surface area (Å²) >= 11 is 6.05. The lowest BCUT2D eigenvalue weighted by Crippen LogP contribution is -2.34. The SMILES string of the molecule is COc1c(F)cc(CN2CCC[C@@]3(CC2)CNC(=O)O3)cc1Cl. The van der Waals surface area contributed by atoms with E-state index in [4.69, 9.17) is 21.1 Å². The minimum Gasteiger partial charge on any atom is -0.492 e. The first-order valence-corrected chi connectivity index (χ1v) is 8.10. The maximum Gasteiger partial charge on any atom is 0.407 e. The second-order valence-electron chi connectivity index (χ2n) is 6.15. The second-order valence-corrected chi connectivity index (χ2v) is 6.56. The molecule has 2 aliphatic heterocycles. The predicted octanol–water partition coefficient (Wildman–Crippen LogP) is 2.95. The van der Waals surface area contributed by atoms with Crippen molar-refractivity contribution in [3.05, 3.63) is 28.5 Å². The highest BCUT2D eigenvalue weighted by Gasteiger charge is 2.41. The number of methoxy groups -OCH3 is 1. The number of carbonyl (C=O) groups excluding carboxylic acids is 1. The maximum atomic E-state index is 13.9. The van der Waals surface area contributed by atoms with E-state index in [1.54, 1.807) is 6.07 Å². The standard InChI is InChI=1S/C16H20ClFN2O3/c1-22-14-12(17)7-11(8-13(14)18)9-20-5-2-3-16(4-6-20)10-19-15(21)23-16/h7-8H,2-6,9-10H2,1H3,(H,19,21)/t16-/m1/s1. The van der Waals surface area contributed by atoms with E-state index < -0.39 is 5.82 Å². The second kappa shape index (κ2) is 6.53. The number of nitrogens with one attached hydrogen (secondary N) is 1. The summed E-state index contributed by atoms with van der Waals surface area (Å²) in [6.45, 7) is 2.85. The van der Waals surface area contributed by atoms with Crippen molar-refractivity contribution in [1.82, 2.24) is 10.2 Å². The molecule has 126 valence electrons. The number of hydrogen-bond acceptors (Lipinski definition) is 4. The number of carbonyl (C=O) groups is 1. The van der Waals surface area contributed by atoms with Crippen molar-refractivity contribution in [3.8, 4) is 5.75 Å². The molecule has 5 nitrogen and oxygen atoms in total. The van der Waals surface area contributed by atoms with Crippen LogP contribution in [0.5, 0.6) is 5.75 Å². The first-order valence-electron chi connectivity index (χ1n) is 7.72. The molecule has 0 unspecified atom stereocenters. The van der Waals surface area contributed by atoms with Crippen LogP contribution in [0.1, 0.15) is 24.8 Å². The highest BCUT2D eigenvalue weighted by atomic mass is 35.5. The zero-order valence-electron chi connectivity index (χ0n) is 13.0. The summed E-state index contributed by atoms with van der Waals surface area (Å²) in [4.78, 5) is 13.6. The first kappa shape index (κ1) is 16.3. The van der Waals surface area contributed by atoms with Gasteiger partial charge in [0, 0.05) is 19.5 Å². The summed E-state index contributed by atoms with van der Waals surface area (Å²) < 4.78 is 24.3. The van der Waals surface area contributed by atoms with E-state index in [9.17, 15) is 9.18 Å². The Morgan fingerprint density at radius 1 is 1.43 bits per heavy atom. The number of amides is 1. The highest BCUT2D eigenvalue weighted by molar-refractivity contribution is 6.32. The Labute approximate surface area is 139 Å². The fourth-order valence-electron chi connectivity index (χ4n) is 3.32. The number of halogens is 2. The van der Waals surface area contributed by atoms with Gasteiger partial charge in [0.25, 0.3) is 0 Å². The van der Waals surface area contributed by atoms with Crippen molar-refractivity contribution in [2.24, 2.45) is 0 Å². The van der Waals surface area contributed by atoms with Gasteiger partial charge in [-0.15, -0.1) is 0 Å². The van der Waals surface area contributed by atoms with Gasteiger partial charge in [0.1, 0.15) is 5.60 Å². The molecule has 2 saturated heterocycles. The van der Waals surface area contributed by atoms with E-state index in [1.165, 1.54) is 13.2 Å². The molecule has 0 aromatic heterocycles. The third kappa shape index (κ3) is 3.53. The molecule has 1 aromatic rings. The molecule has 3 rings (SSSR count). The zero-order valence-corrected chi connectivity index (χ0v) is 13.8. The Hall–Kier alpha value is -1.53. The lowest BCUT2D eigenvalue weighted by Gasteiger charge is -2.25. The van der Waals surface area contributed by atoms with E-state index in [1.807, 2.05) is 0 Å². The van der Waals surface area contributed by atoms with Crippen LogP contribution in [0.2, 0.25) is 5.02 Å². The minimum atomic E-state index is -0.449. The molecule has 0 radical (unpaired) electrons. The fraction of sp³-hybridized carbons (Fsp3) is 0.562. The molecule has 2 heterocycles. The Morgan fingerprint density at radius 3 is 2.91 bits per heavy atom. The smallest absolute Gasteiger partial charge is 0.407 e. The molecule has 0 saturated carbocycles. The lowest BCUT2D eigenvalue weighted by atomic mass is 9.95. The maximum absolute atomic E-state index is 13.9. The number of nitrogens with zero attached hydrogens (tertiary/aromatic N) is 1. The summed E-state index contributed by atoms with van der Waals surface area (Å²) in [6, 6.07) is 3.20. The summed E-state index contributed by atoms with van der Waals surface area (Å²) in [5.74, 6) is -0.371. The minimum absolute atomic E-state index is 0.0779. The number of ether oxygens (including phenoxy) is 2. The average molecular weight is 343 g/mol. The summed E-state index contributed by atoms with van der Waals surface area (Å²) in [6.07, 6.45) is 2.22. The van der Waals surface area contributed by atoms with E-state index in [-0.39, 0.29) is 22.5 Å². The summed E-state index contributed by atoms with van der Waals surface area (Å²) in [5.41, 5.74) is 0.431. The highest BCUT2D eigenvalue weighted by Crippen LogP contribution is 2.32. The molecule has 1 aromatic carbocycles. The van der Waals surface area contributed by atoms with Crippen molar-refractivity contribution in [3.63, 3.8) is 0 Å². The van der Waals surface area contributed by atoms with Crippen LogP contribution < -0.4 is 10.1 Å². The topological polar surface area (TPSA) is 50.8 Å². The molecule has 1 N–H and O–H groups in total. The molecule has 7 heteroatoms. The van der Waals surface area contributed by atoms with Crippen LogP contribution in [-0.4, -0.2) is 43.3 Å². The number of likely N-dealkylation sites (tertiary alicyclic amines) is 1. The van der Waals surface area contributed by atoms with Crippen LogP contribution in [0.25, 0.3) is 0 Å². The molecular weight excluding hydrogens is 323 g/mol. The third-order valence-electron chi connectivity index (χ3n) is 4.52. The van der Waals surface area contributed by atoms with Crippen molar-refractivity contribution in [2.75, 3.05) is 26.7 Å². The molecule has 1 atom stereocenters. The molecular formula is C16H20ClFN2O3. The summed E-state index contributed by atoms with van der Waals surface area (Å²) in [5, 5.41) is 3.02. The fourth-order valence-corrected chi connectivity index (χ4v) is 3.63. The lowest BCUT2D eigenvalue weighted by molar-refractivity contribution is 0.0443. The van der Waals surface area contributed by atoms with Crippen LogP contribution >= 0.6 is 11.6 Å². The summed E-state index contributed by atoms with van der Waals surface area (Å²) in [7, 11) is 1.40. The van der Waals surface area contributed by atoms with Gasteiger partial charge < -0.3 is 14.8 Å². The Bertz CT molecular complexity index is 590. The molecule has 2 fully saturated rings. The first-order chi connectivity index (χ1) is 11.0. The molecule has 1 spiro atoms. The van der Waals surface area contributed by atoms with Crippen LogP contribution in [0.3, 0.4) is 0 Å². The monoisotopic (exact) mass is 342 g/mol. The van der Waals surface area contributed by atoms with E-state index in [0.717, 1.165) is 37.9 Å². The Balaban J connectivity index is 1.66. The molecule has 23 heavy (non-hydrogen) atoms. The van der Waals surface area contributed by atoms with Crippen molar-refractivity contribution < 1.29 is 18.7 Å². The van der Waals surface area contributed by atoms with E-state index in [0.29, 0.717) is 13.1 Å².